The molecule has 1 heterocycles. The van der Waals surface area contributed by atoms with Gasteiger partial charge in [-0.05, 0) is 64.1 Å². The van der Waals surface area contributed by atoms with Crippen molar-refractivity contribution >= 4 is 46.6 Å². The van der Waals surface area contributed by atoms with Crippen molar-refractivity contribution in [2.45, 2.75) is 6.54 Å². The zero-order valence-corrected chi connectivity index (χ0v) is 16.5. The number of rotatable bonds is 6. The lowest BCUT2D eigenvalue weighted by atomic mass is 10.1. The van der Waals surface area contributed by atoms with Gasteiger partial charge in [-0.15, -0.1) is 0 Å². The smallest absolute Gasteiger partial charge is 0.341 e. The largest absolute Gasteiger partial charge is 0.481 e. The SMILES string of the molecule is O=C(O)COc1ccc(/C=C2/NC(=O)N(Cc3ccc(F)cc3)C2=O)cc1I. The number of hydrogen-bond donors (Lipinski definition) is 2. The molecule has 1 saturated heterocycles. The van der Waals surface area contributed by atoms with Gasteiger partial charge >= 0.3 is 12.0 Å². The van der Waals surface area contributed by atoms with E-state index < -0.39 is 30.3 Å². The molecule has 0 unspecified atom stereocenters. The number of aliphatic carboxylic acids is 1. The van der Waals surface area contributed by atoms with E-state index in [9.17, 15) is 18.8 Å². The van der Waals surface area contributed by atoms with Crippen LogP contribution in [0.4, 0.5) is 9.18 Å². The van der Waals surface area contributed by atoms with Gasteiger partial charge in [0.1, 0.15) is 17.3 Å². The first-order chi connectivity index (χ1) is 13.3. The first-order valence-corrected chi connectivity index (χ1v) is 9.14. The predicted octanol–water partition coefficient (Wildman–Crippen LogP) is 2.99. The fourth-order valence-corrected chi connectivity index (χ4v) is 3.21. The first kappa shape index (κ1) is 19.8. The van der Waals surface area contributed by atoms with E-state index in [1.54, 1.807) is 18.2 Å². The van der Waals surface area contributed by atoms with Gasteiger partial charge in [-0.2, -0.15) is 0 Å². The number of amides is 3. The lowest BCUT2D eigenvalue weighted by molar-refractivity contribution is -0.139. The minimum Gasteiger partial charge on any atom is -0.481 e. The van der Waals surface area contributed by atoms with Crippen LogP contribution in [0.3, 0.4) is 0 Å². The van der Waals surface area contributed by atoms with Gasteiger partial charge in [-0.3, -0.25) is 9.69 Å². The van der Waals surface area contributed by atoms with Crippen molar-refractivity contribution in [3.8, 4) is 5.75 Å². The number of imide groups is 1. The first-order valence-electron chi connectivity index (χ1n) is 8.06. The fourth-order valence-electron chi connectivity index (χ4n) is 2.52. The molecule has 1 fully saturated rings. The third-order valence-corrected chi connectivity index (χ3v) is 4.68. The molecule has 0 radical (unpaired) electrons. The second-order valence-corrected chi connectivity index (χ2v) is 7.04. The lowest BCUT2D eigenvalue weighted by Gasteiger charge is -2.11. The van der Waals surface area contributed by atoms with Crippen LogP contribution in [0.15, 0.2) is 48.2 Å². The van der Waals surface area contributed by atoms with E-state index in [0.717, 1.165) is 4.90 Å². The molecule has 0 aliphatic carbocycles. The Morgan fingerprint density at radius 1 is 1.21 bits per heavy atom. The molecule has 9 heteroatoms. The molecule has 1 aliphatic heterocycles. The lowest BCUT2D eigenvalue weighted by Crippen LogP contribution is -2.30. The molecule has 3 amide bonds. The summed E-state index contributed by atoms with van der Waals surface area (Å²) in [6.45, 7) is -0.425. The third-order valence-electron chi connectivity index (χ3n) is 3.83. The maximum Gasteiger partial charge on any atom is 0.341 e. The predicted molar refractivity (Wildman–Crippen MR) is 106 cm³/mol. The molecule has 0 atom stereocenters. The molecule has 7 nitrogen and oxygen atoms in total. The van der Waals surface area contributed by atoms with E-state index in [4.69, 9.17) is 9.84 Å². The summed E-state index contributed by atoms with van der Waals surface area (Å²) in [5.74, 6) is -1.56. The summed E-state index contributed by atoms with van der Waals surface area (Å²) in [5.41, 5.74) is 1.38. The van der Waals surface area contributed by atoms with Gasteiger partial charge in [0.2, 0.25) is 0 Å². The third kappa shape index (κ3) is 4.66. The van der Waals surface area contributed by atoms with Crippen LogP contribution in [-0.2, 0) is 16.1 Å². The second kappa shape index (κ2) is 8.38. The highest BCUT2D eigenvalue weighted by Gasteiger charge is 2.33. The van der Waals surface area contributed by atoms with Crippen LogP contribution >= 0.6 is 22.6 Å². The van der Waals surface area contributed by atoms with Crippen LogP contribution in [0.5, 0.6) is 5.75 Å². The normalized spacial score (nSPS) is 15.1. The minimum absolute atomic E-state index is 0.0296. The Morgan fingerprint density at radius 2 is 1.93 bits per heavy atom. The summed E-state index contributed by atoms with van der Waals surface area (Å²) in [4.78, 5) is 36.3. The van der Waals surface area contributed by atoms with Crippen LogP contribution < -0.4 is 10.1 Å². The van der Waals surface area contributed by atoms with Gasteiger partial charge < -0.3 is 15.2 Å². The Bertz CT molecular complexity index is 975. The van der Waals surface area contributed by atoms with Crippen molar-refractivity contribution in [3.63, 3.8) is 0 Å². The number of ether oxygens (including phenoxy) is 1. The van der Waals surface area contributed by atoms with Gasteiger partial charge in [0, 0.05) is 0 Å². The number of halogens is 2. The fraction of sp³-hybridized carbons (Fsp3) is 0.105. The molecule has 3 rings (SSSR count). The van der Waals surface area contributed by atoms with E-state index in [2.05, 4.69) is 5.32 Å². The number of nitrogens with zero attached hydrogens (tertiary/aromatic N) is 1. The number of nitrogens with one attached hydrogen (secondary N) is 1. The van der Waals surface area contributed by atoms with Crippen LogP contribution in [0, 0.1) is 9.39 Å². The average Bonchev–Trinajstić information content (AvgIpc) is 2.90. The van der Waals surface area contributed by atoms with E-state index in [1.165, 1.54) is 30.3 Å². The van der Waals surface area contributed by atoms with Crippen LogP contribution in [0.2, 0.25) is 0 Å². The number of carboxylic acids is 1. The maximum absolute atomic E-state index is 13.0. The Kier molecular flexibility index (Phi) is 5.93. The summed E-state index contributed by atoms with van der Waals surface area (Å²) in [5, 5.41) is 11.2. The minimum atomic E-state index is -1.08. The summed E-state index contributed by atoms with van der Waals surface area (Å²) < 4.78 is 18.8. The number of carboxylic acid groups (broad SMARTS) is 1. The molecular formula is C19H14FIN2O5. The van der Waals surface area contributed by atoms with Crippen molar-refractivity contribution in [2.24, 2.45) is 0 Å². The summed E-state index contributed by atoms with van der Waals surface area (Å²) in [6.07, 6.45) is 1.52. The van der Waals surface area contributed by atoms with Crippen molar-refractivity contribution in [2.75, 3.05) is 6.61 Å². The van der Waals surface area contributed by atoms with E-state index >= 15 is 0 Å². The monoisotopic (exact) mass is 496 g/mol. The molecule has 0 saturated carbocycles. The van der Waals surface area contributed by atoms with Gasteiger partial charge in [0.25, 0.3) is 5.91 Å². The van der Waals surface area contributed by atoms with Gasteiger partial charge in [-0.1, -0.05) is 18.2 Å². The zero-order valence-electron chi connectivity index (χ0n) is 14.3. The van der Waals surface area contributed by atoms with Crippen LogP contribution in [0.25, 0.3) is 6.08 Å². The molecular weight excluding hydrogens is 482 g/mol. The average molecular weight is 496 g/mol. The molecule has 0 aromatic heterocycles. The number of urea groups is 1. The summed E-state index contributed by atoms with van der Waals surface area (Å²) in [7, 11) is 0. The number of benzene rings is 2. The highest BCUT2D eigenvalue weighted by Crippen LogP contribution is 2.24. The van der Waals surface area contributed by atoms with Crippen molar-refractivity contribution in [1.82, 2.24) is 10.2 Å². The van der Waals surface area contributed by atoms with Gasteiger partial charge in [0.15, 0.2) is 6.61 Å². The van der Waals surface area contributed by atoms with E-state index in [-0.39, 0.29) is 12.2 Å². The molecule has 2 aromatic rings. The number of carbonyl (C=O) groups excluding carboxylic acids is 2. The molecule has 1 aliphatic rings. The Labute approximate surface area is 172 Å². The number of hydrogen-bond acceptors (Lipinski definition) is 4. The summed E-state index contributed by atoms with van der Waals surface area (Å²) >= 11 is 1.99. The Balaban J connectivity index is 1.75. The molecule has 144 valence electrons. The topological polar surface area (TPSA) is 95.9 Å². The number of carbonyl (C=O) groups is 3. The molecule has 2 N–H and O–H groups in total. The van der Waals surface area contributed by atoms with Gasteiger partial charge in [0.05, 0.1) is 10.1 Å². The Hall–Kier alpha value is -2.95. The van der Waals surface area contributed by atoms with E-state index in [0.29, 0.717) is 20.4 Å². The highest BCUT2D eigenvalue weighted by molar-refractivity contribution is 14.1. The second-order valence-electron chi connectivity index (χ2n) is 5.88. The van der Waals surface area contributed by atoms with Gasteiger partial charge in [-0.25, -0.2) is 14.0 Å². The Morgan fingerprint density at radius 3 is 2.57 bits per heavy atom. The molecule has 0 spiro atoms. The quantitative estimate of drug-likeness (QED) is 0.365. The van der Waals surface area contributed by atoms with Crippen molar-refractivity contribution in [3.05, 3.63) is 68.7 Å². The summed E-state index contributed by atoms with van der Waals surface area (Å²) in [6, 6.07) is 9.93. The molecule has 28 heavy (non-hydrogen) atoms. The zero-order chi connectivity index (χ0) is 20.3. The van der Waals surface area contributed by atoms with Crippen LogP contribution in [0.1, 0.15) is 11.1 Å². The van der Waals surface area contributed by atoms with Crippen molar-refractivity contribution in [1.29, 1.82) is 0 Å². The highest BCUT2D eigenvalue weighted by atomic mass is 127. The standard InChI is InChI=1S/C19H14FIN2O5/c20-13-4-1-11(2-5-13)9-23-18(26)15(22-19(23)27)8-12-3-6-16(14(21)7-12)28-10-17(24)25/h1-8H,9-10H2,(H,22,27)(H,24,25)/b15-8+. The van der Waals surface area contributed by atoms with Crippen LogP contribution in [-0.4, -0.2) is 34.5 Å². The van der Waals surface area contributed by atoms with Crippen molar-refractivity contribution < 1.29 is 28.6 Å². The molecule has 0 bridgehead atoms. The molecule has 2 aromatic carbocycles. The van der Waals surface area contributed by atoms with E-state index in [1.807, 2.05) is 22.6 Å². The maximum atomic E-state index is 13.0.